The number of hydrogen-bond donors (Lipinski definition) is 1. The van der Waals surface area contributed by atoms with Gasteiger partial charge in [0.1, 0.15) is 4.88 Å². The molecule has 1 saturated heterocycles. The maximum atomic E-state index is 13.7. The number of thiophene rings is 1. The van der Waals surface area contributed by atoms with Gasteiger partial charge in [0.25, 0.3) is 0 Å². The Morgan fingerprint density at radius 3 is 2.32 bits per heavy atom. The van der Waals surface area contributed by atoms with Crippen molar-refractivity contribution in [3.05, 3.63) is 41.3 Å². The van der Waals surface area contributed by atoms with Gasteiger partial charge in [0.05, 0.1) is 18.3 Å². The number of anilines is 1. The topological polar surface area (TPSA) is 60.9 Å². The van der Waals surface area contributed by atoms with Crippen molar-refractivity contribution in [2.24, 2.45) is 11.8 Å². The molecule has 1 N–H and O–H groups in total. The van der Waals surface area contributed by atoms with Crippen LogP contribution >= 0.6 is 11.3 Å². The third-order valence-corrected chi connectivity index (χ3v) is 9.23. The third kappa shape index (κ3) is 5.08. The predicted octanol–water partition coefficient (Wildman–Crippen LogP) is 6.29. The van der Waals surface area contributed by atoms with Crippen LogP contribution in [0.5, 0.6) is 0 Å². The average molecular weight is 481 g/mol. The van der Waals surface area contributed by atoms with E-state index in [4.69, 9.17) is 0 Å². The molecule has 34 heavy (non-hydrogen) atoms. The van der Waals surface area contributed by atoms with Crippen molar-refractivity contribution in [1.29, 1.82) is 0 Å². The van der Waals surface area contributed by atoms with Gasteiger partial charge in [-0.3, -0.25) is 9.69 Å². The molecule has 1 aromatic carbocycles. The molecule has 0 spiro atoms. The van der Waals surface area contributed by atoms with Gasteiger partial charge in [-0.05, 0) is 49.1 Å². The molecule has 0 unspecified atom stereocenters. The van der Waals surface area contributed by atoms with Crippen LogP contribution in [0.4, 0.5) is 5.69 Å². The largest absolute Gasteiger partial charge is 0.477 e. The molecule has 1 aliphatic heterocycles. The molecule has 2 aliphatic carbocycles. The van der Waals surface area contributed by atoms with Crippen molar-refractivity contribution < 1.29 is 14.7 Å². The lowest BCUT2D eigenvalue weighted by Crippen LogP contribution is -2.60. The fraction of sp³-hybridized carbons (Fsp3) is 0.571. The van der Waals surface area contributed by atoms with Gasteiger partial charge < -0.3 is 10.0 Å². The molecular weight excluding hydrogens is 444 g/mol. The zero-order chi connectivity index (χ0) is 23.5. The molecule has 2 heterocycles. The molecular formula is C28H36N2O3S. The Hall–Kier alpha value is -2.18. The van der Waals surface area contributed by atoms with Crippen LogP contribution in [-0.2, 0) is 4.79 Å². The summed E-state index contributed by atoms with van der Waals surface area (Å²) in [6, 6.07) is 11.9. The monoisotopic (exact) mass is 480 g/mol. The number of benzene rings is 1. The summed E-state index contributed by atoms with van der Waals surface area (Å²) in [6.45, 7) is 2.27. The van der Waals surface area contributed by atoms with E-state index in [1.807, 2.05) is 41.3 Å². The van der Waals surface area contributed by atoms with Gasteiger partial charge in [-0.15, -0.1) is 11.3 Å². The van der Waals surface area contributed by atoms with Gasteiger partial charge in [-0.25, -0.2) is 4.79 Å². The Balaban J connectivity index is 1.47. The second-order valence-corrected chi connectivity index (χ2v) is 11.5. The molecule has 0 bridgehead atoms. The highest BCUT2D eigenvalue weighted by molar-refractivity contribution is 7.18. The number of nitrogens with zero attached hydrogens (tertiary/aromatic N) is 2. The highest BCUT2D eigenvalue weighted by Gasteiger charge is 2.41. The van der Waals surface area contributed by atoms with E-state index in [0.717, 1.165) is 36.4 Å². The lowest BCUT2D eigenvalue weighted by Gasteiger charge is -2.46. The first-order chi connectivity index (χ1) is 16.6. The van der Waals surface area contributed by atoms with Gasteiger partial charge >= 0.3 is 5.97 Å². The van der Waals surface area contributed by atoms with E-state index in [2.05, 4.69) is 4.90 Å². The van der Waals surface area contributed by atoms with Gasteiger partial charge in [-0.1, -0.05) is 68.9 Å². The minimum absolute atomic E-state index is 0.0569. The molecule has 2 saturated carbocycles. The first-order valence-electron chi connectivity index (χ1n) is 13.1. The molecule has 2 aromatic rings. The predicted molar refractivity (Wildman–Crippen MR) is 138 cm³/mol. The van der Waals surface area contributed by atoms with Crippen LogP contribution < -0.4 is 4.90 Å². The molecule has 182 valence electrons. The summed E-state index contributed by atoms with van der Waals surface area (Å²) in [4.78, 5) is 31.5. The molecule has 1 atom stereocenters. The summed E-state index contributed by atoms with van der Waals surface area (Å²) in [6.07, 6.45) is 12.4. The quantitative estimate of drug-likeness (QED) is 0.528. The number of carbonyl (C=O) groups excluding carboxylic acids is 1. The Labute approximate surface area is 206 Å². The van der Waals surface area contributed by atoms with E-state index in [9.17, 15) is 14.7 Å². The van der Waals surface area contributed by atoms with Crippen LogP contribution in [0.25, 0.3) is 10.4 Å². The van der Waals surface area contributed by atoms with Gasteiger partial charge in [-0.2, -0.15) is 0 Å². The lowest BCUT2D eigenvalue weighted by molar-refractivity contribution is -0.123. The summed E-state index contributed by atoms with van der Waals surface area (Å²) < 4.78 is 0. The van der Waals surface area contributed by atoms with Crippen molar-refractivity contribution in [2.75, 3.05) is 24.5 Å². The second-order valence-electron chi connectivity index (χ2n) is 10.4. The first-order valence-corrected chi connectivity index (χ1v) is 13.9. The van der Waals surface area contributed by atoms with Crippen LogP contribution in [-0.4, -0.2) is 47.6 Å². The van der Waals surface area contributed by atoms with E-state index in [1.165, 1.54) is 62.7 Å². The molecule has 1 amide bonds. The number of carboxylic acid groups (broad SMARTS) is 1. The molecule has 0 radical (unpaired) electrons. The number of carboxylic acids is 1. The molecule has 5 rings (SSSR count). The normalized spacial score (nSPS) is 23.4. The summed E-state index contributed by atoms with van der Waals surface area (Å²) in [7, 11) is 0. The van der Waals surface area contributed by atoms with Gasteiger partial charge in [0, 0.05) is 18.0 Å². The average Bonchev–Trinajstić information content (AvgIpc) is 3.31. The van der Waals surface area contributed by atoms with E-state index >= 15 is 0 Å². The zero-order valence-corrected chi connectivity index (χ0v) is 20.8. The Bertz CT molecular complexity index is 992. The maximum Gasteiger partial charge on any atom is 0.348 e. The van der Waals surface area contributed by atoms with Crippen LogP contribution in [0.1, 0.15) is 73.9 Å². The van der Waals surface area contributed by atoms with Crippen molar-refractivity contribution in [3.63, 3.8) is 0 Å². The van der Waals surface area contributed by atoms with Crippen LogP contribution in [0, 0.1) is 11.8 Å². The summed E-state index contributed by atoms with van der Waals surface area (Å²) in [5, 5.41) is 10.1. The number of piperazine rings is 1. The van der Waals surface area contributed by atoms with E-state index in [-0.39, 0.29) is 16.8 Å². The molecule has 3 fully saturated rings. The Morgan fingerprint density at radius 2 is 1.65 bits per heavy atom. The van der Waals surface area contributed by atoms with E-state index < -0.39 is 5.97 Å². The van der Waals surface area contributed by atoms with Crippen molar-refractivity contribution >= 4 is 28.9 Å². The summed E-state index contributed by atoms with van der Waals surface area (Å²) in [5.41, 5.74) is 1.60. The molecule has 6 heteroatoms. The second kappa shape index (κ2) is 10.6. The number of amides is 1. The van der Waals surface area contributed by atoms with E-state index in [0.29, 0.717) is 24.1 Å². The standard InChI is InChI=1S/C28H36N2O3S/c31-26-19-29(17-20-10-4-1-5-11-20)18-24(21-12-6-2-7-13-21)30(26)23-16-25(34-27(23)28(32)33)22-14-8-3-9-15-22/h3,8-9,14-16,20-21,24H,1-2,4-7,10-13,17-19H2,(H,32,33)/t24-/m0/s1. The van der Waals surface area contributed by atoms with Crippen LogP contribution in [0.3, 0.4) is 0 Å². The van der Waals surface area contributed by atoms with Gasteiger partial charge in [0.15, 0.2) is 0 Å². The molecule has 3 aliphatic rings. The van der Waals surface area contributed by atoms with Gasteiger partial charge in [0.2, 0.25) is 5.91 Å². The minimum Gasteiger partial charge on any atom is -0.477 e. The molecule has 1 aromatic heterocycles. The van der Waals surface area contributed by atoms with E-state index in [1.54, 1.807) is 0 Å². The smallest absolute Gasteiger partial charge is 0.348 e. The number of rotatable bonds is 6. The van der Waals surface area contributed by atoms with Crippen molar-refractivity contribution in [2.45, 2.75) is 70.3 Å². The number of hydrogen-bond acceptors (Lipinski definition) is 4. The summed E-state index contributed by atoms with van der Waals surface area (Å²) >= 11 is 1.29. The summed E-state index contributed by atoms with van der Waals surface area (Å²) in [5.74, 6) is 0.258. The highest BCUT2D eigenvalue weighted by atomic mass is 32.1. The minimum atomic E-state index is -0.943. The van der Waals surface area contributed by atoms with Crippen molar-refractivity contribution in [1.82, 2.24) is 4.90 Å². The first kappa shape index (κ1) is 23.6. The fourth-order valence-corrected chi connectivity index (χ4v) is 7.38. The lowest BCUT2D eigenvalue weighted by atomic mass is 9.81. The van der Waals surface area contributed by atoms with Crippen LogP contribution in [0.15, 0.2) is 36.4 Å². The van der Waals surface area contributed by atoms with Crippen molar-refractivity contribution in [3.8, 4) is 10.4 Å². The Kier molecular flexibility index (Phi) is 7.35. The zero-order valence-electron chi connectivity index (χ0n) is 20.0. The highest BCUT2D eigenvalue weighted by Crippen LogP contribution is 2.41. The molecule has 5 nitrogen and oxygen atoms in total. The number of aromatic carboxylic acids is 1. The SMILES string of the molecule is O=C(O)c1sc(-c2ccccc2)cc1N1C(=O)CN(CC2CCCCC2)C[C@H]1C1CCCCC1. The van der Waals surface area contributed by atoms with Crippen LogP contribution in [0.2, 0.25) is 0 Å². The fourth-order valence-electron chi connectivity index (χ4n) is 6.39. The third-order valence-electron chi connectivity index (χ3n) is 8.06. The maximum absolute atomic E-state index is 13.7. The number of carbonyl (C=O) groups is 2. The Morgan fingerprint density at radius 1 is 0.971 bits per heavy atom.